The minimum atomic E-state index is -0.304. The largest absolute Gasteiger partial charge is 0.374 e. The third kappa shape index (κ3) is 3.34. The maximum Gasteiger partial charge on any atom is 0.165 e. The summed E-state index contributed by atoms with van der Waals surface area (Å²) in [5.41, 5.74) is -0.166. The van der Waals surface area contributed by atoms with Crippen LogP contribution in [-0.2, 0) is 14.3 Å². The van der Waals surface area contributed by atoms with Crippen LogP contribution in [0.3, 0.4) is 0 Å². The Morgan fingerprint density at radius 2 is 2.21 bits per heavy atom. The molecule has 3 nitrogen and oxygen atoms in total. The van der Waals surface area contributed by atoms with Gasteiger partial charge in [0.2, 0.25) is 0 Å². The van der Waals surface area contributed by atoms with Crippen LogP contribution in [0.15, 0.2) is 0 Å². The molecular weight excluding hydrogens is 260 g/mol. The lowest BCUT2D eigenvalue weighted by molar-refractivity contribution is -0.149. The number of methoxy groups -OCH3 is 1. The number of hydrogen-bond acceptors (Lipinski definition) is 4. The van der Waals surface area contributed by atoms with Crippen LogP contribution in [0, 0.1) is 11.3 Å². The maximum absolute atomic E-state index is 12.7. The number of ether oxygens (including phenoxy) is 2. The Bertz CT molecular complexity index is 329. The van der Waals surface area contributed by atoms with Crippen molar-refractivity contribution in [2.24, 2.45) is 11.3 Å². The molecule has 2 aliphatic rings. The Morgan fingerprint density at radius 1 is 1.47 bits per heavy atom. The van der Waals surface area contributed by atoms with Gasteiger partial charge in [-0.1, -0.05) is 20.8 Å². The van der Waals surface area contributed by atoms with E-state index in [0.717, 1.165) is 37.4 Å². The van der Waals surface area contributed by atoms with Crippen LogP contribution < -0.4 is 0 Å². The highest BCUT2D eigenvalue weighted by atomic mass is 32.2. The summed E-state index contributed by atoms with van der Waals surface area (Å²) in [6.45, 7) is 6.93. The normalized spacial score (nSPS) is 33.6. The Hall–Kier alpha value is -0.0600. The van der Waals surface area contributed by atoms with Gasteiger partial charge in [-0.25, -0.2) is 0 Å². The van der Waals surface area contributed by atoms with E-state index in [1.165, 1.54) is 0 Å². The van der Waals surface area contributed by atoms with E-state index in [2.05, 4.69) is 20.8 Å². The van der Waals surface area contributed by atoms with Crippen molar-refractivity contribution in [2.45, 2.75) is 51.7 Å². The summed E-state index contributed by atoms with van der Waals surface area (Å²) in [4.78, 5) is 12.7. The van der Waals surface area contributed by atoms with E-state index < -0.39 is 0 Å². The molecule has 3 atom stereocenters. The maximum atomic E-state index is 12.7. The zero-order valence-electron chi connectivity index (χ0n) is 12.5. The molecule has 0 saturated carbocycles. The van der Waals surface area contributed by atoms with Gasteiger partial charge < -0.3 is 9.47 Å². The fourth-order valence-corrected chi connectivity index (χ4v) is 4.62. The molecule has 110 valence electrons. The molecule has 0 radical (unpaired) electrons. The van der Waals surface area contributed by atoms with E-state index in [1.54, 1.807) is 7.11 Å². The van der Waals surface area contributed by atoms with Gasteiger partial charge in [0.25, 0.3) is 0 Å². The Balaban J connectivity index is 2.06. The molecule has 19 heavy (non-hydrogen) atoms. The summed E-state index contributed by atoms with van der Waals surface area (Å²) in [6.07, 6.45) is 2.52. The fraction of sp³-hybridized carbons (Fsp3) is 0.933. The summed E-state index contributed by atoms with van der Waals surface area (Å²) in [7, 11) is 1.65. The monoisotopic (exact) mass is 286 g/mol. The molecule has 4 heteroatoms. The SMILES string of the molecule is COC(C(=O)C1CCOC2(CCSC2)C1)C(C)(C)C. The molecule has 0 aromatic carbocycles. The minimum absolute atomic E-state index is 0.0284. The van der Waals surface area contributed by atoms with Crippen LogP contribution >= 0.6 is 11.8 Å². The number of carbonyl (C=O) groups is 1. The topological polar surface area (TPSA) is 35.5 Å². The molecule has 0 aliphatic carbocycles. The molecule has 0 aromatic heterocycles. The van der Waals surface area contributed by atoms with Crippen molar-refractivity contribution < 1.29 is 14.3 Å². The molecule has 2 aliphatic heterocycles. The number of rotatable bonds is 3. The highest BCUT2D eigenvalue weighted by Crippen LogP contribution is 2.41. The van der Waals surface area contributed by atoms with Crippen molar-refractivity contribution in [3.8, 4) is 0 Å². The van der Waals surface area contributed by atoms with Crippen molar-refractivity contribution in [1.82, 2.24) is 0 Å². The van der Waals surface area contributed by atoms with E-state index >= 15 is 0 Å². The van der Waals surface area contributed by atoms with Crippen LogP contribution in [0.1, 0.15) is 40.0 Å². The van der Waals surface area contributed by atoms with E-state index in [1.807, 2.05) is 11.8 Å². The molecule has 0 aromatic rings. The second-order valence-electron chi connectivity index (χ2n) is 6.91. The van der Waals surface area contributed by atoms with Crippen molar-refractivity contribution in [2.75, 3.05) is 25.2 Å². The number of thioether (sulfide) groups is 1. The molecular formula is C15H26O3S. The lowest BCUT2D eigenvalue weighted by atomic mass is 9.76. The first-order valence-electron chi connectivity index (χ1n) is 7.16. The summed E-state index contributed by atoms with van der Waals surface area (Å²) < 4.78 is 11.5. The molecule has 1 spiro atoms. The molecule has 3 unspecified atom stereocenters. The van der Waals surface area contributed by atoms with Crippen molar-refractivity contribution in [1.29, 1.82) is 0 Å². The first kappa shape index (κ1) is 15.3. The summed E-state index contributed by atoms with van der Waals surface area (Å²) in [5.74, 6) is 2.59. The fourth-order valence-electron chi connectivity index (χ4n) is 3.24. The Kier molecular flexibility index (Phi) is 4.63. The number of Topliss-reactive ketones (excluding diaryl/α,β-unsaturated/α-hetero) is 1. The highest BCUT2D eigenvalue weighted by molar-refractivity contribution is 7.99. The van der Waals surface area contributed by atoms with Gasteiger partial charge in [0.1, 0.15) is 6.10 Å². The molecule has 0 amide bonds. The van der Waals surface area contributed by atoms with Gasteiger partial charge in [-0.05, 0) is 30.4 Å². The van der Waals surface area contributed by atoms with Crippen molar-refractivity contribution >= 4 is 17.5 Å². The van der Waals surface area contributed by atoms with Crippen molar-refractivity contribution in [3.63, 3.8) is 0 Å². The first-order valence-corrected chi connectivity index (χ1v) is 8.32. The van der Waals surface area contributed by atoms with Gasteiger partial charge in [0.15, 0.2) is 5.78 Å². The van der Waals surface area contributed by atoms with Crippen LogP contribution in [0.5, 0.6) is 0 Å². The smallest absolute Gasteiger partial charge is 0.165 e. The molecule has 2 fully saturated rings. The second-order valence-corrected chi connectivity index (χ2v) is 8.01. The van der Waals surface area contributed by atoms with E-state index in [4.69, 9.17) is 9.47 Å². The standard InChI is InChI=1S/C15H26O3S/c1-14(2,3)13(17-4)12(16)11-5-7-18-15(9-11)6-8-19-10-15/h11,13H,5-10H2,1-4H3. The average Bonchev–Trinajstić information content (AvgIpc) is 2.76. The molecule has 2 heterocycles. The Morgan fingerprint density at radius 3 is 2.74 bits per heavy atom. The lowest BCUT2D eigenvalue weighted by Gasteiger charge is -2.39. The van der Waals surface area contributed by atoms with E-state index in [9.17, 15) is 4.79 Å². The summed E-state index contributed by atoms with van der Waals surface area (Å²) >= 11 is 1.95. The van der Waals surface area contributed by atoms with Crippen LogP contribution in [-0.4, -0.2) is 42.7 Å². The van der Waals surface area contributed by atoms with Crippen molar-refractivity contribution in [3.05, 3.63) is 0 Å². The van der Waals surface area contributed by atoms with Gasteiger partial charge in [-0.2, -0.15) is 11.8 Å². The summed E-state index contributed by atoms with van der Waals surface area (Å²) in [6, 6.07) is 0. The van der Waals surface area contributed by atoms with Gasteiger partial charge in [-0.3, -0.25) is 4.79 Å². The summed E-state index contributed by atoms with van der Waals surface area (Å²) in [5, 5.41) is 0. The molecule has 0 N–H and O–H groups in total. The van der Waals surface area contributed by atoms with Gasteiger partial charge in [0.05, 0.1) is 5.60 Å². The lowest BCUT2D eigenvalue weighted by Crippen LogP contribution is -2.47. The second kappa shape index (κ2) is 5.74. The minimum Gasteiger partial charge on any atom is -0.374 e. The van der Waals surface area contributed by atoms with Crippen LogP contribution in [0.2, 0.25) is 0 Å². The molecule has 2 saturated heterocycles. The van der Waals surface area contributed by atoms with Crippen LogP contribution in [0.25, 0.3) is 0 Å². The van der Waals surface area contributed by atoms with Gasteiger partial charge in [0, 0.05) is 25.4 Å². The molecule has 0 bridgehead atoms. The number of carbonyl (C=O) groups excluding carboxylic acids is 1. The van der Waals surface area contributed by atoms with Gasteiger partial charge in [-0.15, -0.1) is 0 Å². The van der Waals surface area contributed by atoms with E-state index in [0.29, 0.717) is 0 Å². The van der Waals surface area contributed by atoms with Gasteiger partial charge >= 0.3 is 0 Å². The number of ketones is 1. The zero-order chi connectivity index (χ0) is 14.1. The third-order valence-corrected chi connectivity index (χ3v) is 5.47. The predicted molar refractivity (Wildman–Crippen MR) is 78.6 cm³/mol. The molecule has 2 rings (SSSR count). The number of hydrogen-bond donors (Lipinski definition) is 0. The predicted octanol–water partition coefficient (Wildman–Crippen LogP) is 2.92. The Labute approximate surface area is 120 Å². The van der Waals surface area contributed by atoms with E-state index in [-0.39, 0.29) is 28.8 Å². The zero-order valence-corrected chi connectivity index (χ0v) is 13.3. The quantitative estimate of drug-likeness (QED) is 0.799. The highest BCUT2D eigenvalue weighted by Gasteiger charge is 2.45. The third-order valence-electron chi connectivity index (χ3n) is 4.24. The van der Waals surface area contributed by atoms with Crippen LogP contribution in [0.4, 0.5) is 0 Å². The average molecular weight is 286 g/mol. The first-order chi connectivity index (χ1) is 8.88.